The van der Waals surface area contributed by atoms with Crippen LogP contribution in [0.5, 0.6) is 0 Å². The maximum atomic E-state index is 11.7. The number of rotatable bonds is 3. The summed E-state index contributed by atoms with van der Waals surface area (Å²) in [5.41, 5.74) is 1.72. The molecule has 1 fully saturated rings. The Morgan fingerprint density at radius 2 is 2.05 bits per heavy atom. The Labute approximate surface area is 116 Å². The summed E-state index contributed by atoms with van der Waals surface area (Å²) in [6.45, 7) is 1.66. The molecule has 1 N–H and O–H groups in total. The van der Waals surface area contributed by atoms with Crippen molar-refractivity contribution in [3.05, 3.63) is 40.3 Å². The molecule has 0 amide bonds. The van der Waals surface area contributed by atoms with E-state index in [0.717, 1.165) is 28.2 Å². The van der Waals surface area contributed by atoms with Crippen LogP contribution in [-0.2, 0) is 9.59 Å². The quantitative estimate of drug-likeness (QED) is 0.860. The van der Waals surface area contributed by atoms with Gasteiger partial charge in [0.25, 0.3) is 0 Å². The molecule has 0 spiro atoms. The highest BCUT2D eigenvalue weighted by Gasteiger charge is 2.16. The van der Waals surface area contributed by atoms with Crippen molar-refractivity contribution in [2.24, 2.45) is 0 Å². The lowest BCUT2D eigenvalue weighted by molar-refractivity contribution is -0.138. The van der Waals surface area contributed by atoms with E-state index in [2.05, 4.69) is 0 Å². The monoisotopic (exact) mass is 276 g/mol. The van der Waals surface area contributed by atoms with Crippen LogP contribution in [-0.4, -0.2) is 22.6 Å². The number of benzene rings is 1. The first kappa shape index (κ1) is 13.9. The number of thioether (sulfide) groups is 1. The molecule has 0 saturated carbocycles. The van der Waals surface area contributed by atoms with Gasteiger partial charge in [-0.05, 0) is 36.3 Å². The van der Waals surface area contributed by atoms with E-state index >= 15 is 0 Å². The molecular formula is C15H16O3S. The summed E-state index contributed by atoms with van der Waals surface area (Å²) in [5, 5.41) is 8.94. The highest BCUT2D eigenvalue weighted by molar-refractivity contribution is 8.04. The summed E-state index contributed by atoms with van der Waals surface area (Å²) < 4.78 is 0. The lowest BCUT2D eigenvalue weighted by Gasteiger charge is -2.12. The minimum atomic E-state index is -0.830. The van der Waals surface area contributed by atoms with E-state index in [-0.39, 0.29) is 5.78 Å². The largest absolute Gasteiger partial charge is 0.481 e. The third-order valence-corrected chi connectivity index (χ3v) is 4.33. The van der Waals surface area contributed by atoms with Crippen LogP contribution in [0.3, 0.4) is 0 Å². The van der Waals surface area contributed by atoms with Crippen LogP contribution in [0.4, 0.5) is 0 Å². The first-order valence-corrected chi connectivity index (χ1v) is 7.27. The highest BCUT2D eigenvalue weighted by Crippen LogP contribution is 2.28. The number of ketones is 1. The van der Waals surface area contributed by atoms with E-state index in [0.29, 0.717) is 6.42 Å². The minimum absolute atomic E-state index is 0.208. The van der Waals surface area contributed by atoms with Gasteiger partial charge in [-0.1, -0.05) is 24.3 Å². The van der Waals surface area contributed by atoms with Gasteiger partial charge < -0.3 is 5.11 Å². The molecule has 1 unspecified atom stereocenters. The van der Waals surface area contributed by atoms with E-state index < -0.39 is 11.9 Å². The van der Waals surface area contributed by atoms with Crippen molar-refractivity contribution < 1.29 is 14.7 Å². The summed E-state index contributed by atoms with van der Waals surface area (Å²) in [5.74, 6) is -0.137. The second kappa shape index (κ2) is 6.06. The van der Waals surface area contributed by atoms with Crippen LogP contribution >= 0.6 is 11.8 Å². The lowest BCUT2D eigenvalue weighted by atomic mass is 10.00. The predicted octanol–water partition coefficient (Wildman–Crippen LogP) is 3.31. The zero-order valence-corrected chi connectivity index (χ0v) is 11.6. The first-order chi connectivity index (χ1) is 9.08. The van der Waals surface area contributed by atoms with Gasteiger partial charge in [-0.15, -0.1) is 11.8 Å². The SMILES string of the molecule is CC(C(=O)O)c1ccc(/C=C2/SCCCC2=O)cc1. The third-order valence-electron chi connectivity index (χ3n) is 3.19. The molecule has 3 nitrogen and oxygen atoms in total. The molecule has 1 saturated heterocycles. The fourth-order valence-electron chi connectivity index (χ4n) is 1.92. The second-order valence-corrected chi connectivity index (χ2v) is 5.75. The zero-order chi connectivity index (χ0) is 13.8. The standard InChI is InChI=1S/C15H16O3S/c1-10(15(17)18)12-6-4-11(5-7-12)9-14-13(16)3-2-8-19-14/h4-7,9-10H,2-3,8H2,1H3,(H,17,18)/b14-9+. The molecule has 0 radical (unpaired) electrons. The molecular weight excluding hydrogens is 260 g/mol. The zero-order valence-electron chi connectivity index (χ0n) is 10.8. The fourth-order valence-corrected chi connectivity index (χ4v) is 2.91. The molecule has 0 bridgehead atoms. The van der Waals surface area contributed by atoms with Gasteiger partial charge in [0.05, 0.1) is 10.8 Å². The van der Waals surface area contributed by atoms with Gasteiger partial charge in [0, 0.05) is 6.42 Å². The van der Waals surface area contributed by atoms with Crippen LogP contribution in [0.1, 0.15) is 36.8 Å². The van der Waals surface area contributed by atoms with Gasteiger partial charge in [-0.2, -0.15) is 0 Å². The average molecular weight is 276 g/mol. The number of hydrogen-bond acceptors (Lipinski definition) is 3. The molecule has 1 aromatic rings. The summed E-state index contributed by atoms with van der Waals surface area (Å²) in [7, 11) is 0. The number of hydrogen-bond donors (Lipinski definition) is 1. The Morgan fingerprint density at radius 1 is 1.37 bits per heavy atom. The number of Topliss-reactive ketones (excluding diaryl/α,β-unsaturated/α-hetero) is 1. The Kier molecular flexibility index (Phi) is 4.43. The van der Waals surface area contributed by atoms with Crippen molar-refractivity contribution in [1.29, 1.82) is 0 Å². The number of allylic oxidation sites excluding steroid dienone is 1. The predicted molar refractivity (Wildman–Crippen MR) is 77.2 cm³/mol. The van der Waals surface area contributed by atoms with Crippen molar-refractivity contribution in [1.82, 2.24) is 0 Å². The van der Waals surface area contributed by atoms with Crippen LogP contribution in [0.25, 0.3) is 6.08 Å². The average Bonchev–Trinajstić information content (AvgIpc) is 2.41. The molecule has 1 aliphatic heterocycles. The van der Waals surface area contributed by atoms with Crippen LogP contribution in [0, 0.1) is 0 Å². The molecule has 1 atom stereocenters. The van der Waals surface area contributed by atoms with Gasteiger partial charge in [0.1, 0.15) is 0 Å². The Balaban J connectivity index is 2.16. The van der Waals surface area contributed by atoms with Crippen molar-refractivity contribution >= 4 is 29.6 Å². The van der Waals surface area contributed by atoms with Crippen molar-refractivity contribution in [3.63, 3.8) is 0 Å². The molecule has 0 aliphatic carbocycles. The van der Waals surface area contributed by atoms with E-state index in [9.17, 15) is 9.59 Å². The summed E-state index contributed by atoms with van der Waals surface area (Å²) in [6, 6.07) is 7.35. The maximum absolute atomic E-state index is 11.7. The number of carbonyl (C=O) groups excluding carboxylic acids is 1. The molecule has 1 heterocycles. The minimum Gasteiger partial charge on any atom is -0.481 e. The first-order valence-electron chi connectivity index (χ1n) is 6.28. The number of carboxylic acid groups (broad SMARTS) is 1. The van der Waals surface area contributed by atoms with Gasteiger partial charge in [-0.25, -0.2) is 0 Å². The molecule has 2 rings (SSSR count). The number of aliphatic carboxylic acids is 1. The molecule has 0 aromatic heterocycles. The molecule has 100 valence electrons. The van der Waals surface area contributed by atoms with Crippen molar-refractivity contribution in [2.45, 2.75) is 25.7 Å². The Morgan fingerprint density at radius 3 is 2.63 bits per heavy atom. The normalized spacial score (nSPS) is 19.4. The third kappa shape index (κ3) is 3.47. The maximum Gasteiger partial charge on any atom is 0.310 e. The van der Waals surface area contributed by atoms with Crippen LogP contribution < -0.4 is 0 Å². The summed E-state index contributed by atoms with van der Waals surface area (Å²) in [4.78, 5) is 23.4. The number of carboxylic acids is 1. The second-order valence-electron chi connectivity index (χ2n) is 4.61. The van der Waals surface area contributed by atoms with E-state index in [4.69, 9.17) is 5.11 Å². The fraction of sp³-hybridized carbons (Fsp3) is 0.333. The topological polar surface area (TPSA) is 54.4 Å². The van der Waals surface area contributed by atoms with Crippen LogP contribution in [0.15, 0.2) is 29.2 Å². The van der Waals surface area contributed by atoms with E-state index in [1.54, 1.807) is 18.7 Å². The van der Waals surface area contributed by atoms with Gasteiger partial charge in [-0.3, -0.25) is 9.59 Å². The van der Waals surface area contributed by atoms with Gasteiger partial charge in [0.15, 0.2) is 5.78 Å². The van der Waals surface area contributed by atoms with E-state index in [1.165, 1.54) is 0 Å². The smallest absolute Gasteiger partial charge is 0.310 e. The van der Waals surface area contributed by atoms with Crippen LogP contribution in [0.2, 0.25) is 0 Å². The molecule has 4 heteroatoms. The van der Waals surface area contributed by atoms with E-state index in [1.807, 2.05) is 30.3 Å². The van der Waals surface area contributed by atoms with Gasteiger partial charge in [0.2, 0.25) is 0 Å². The molecule has 1 aromatic carbocycles. The summed E-state index contributed by atoms with van der Waals surface area (Å²) >= 11 is 1.60. The lowest BCUT2D eigenvalue weighted by Crippen LogP contribution is -2.07. The molecule has 19 heavy (non-hydrogen) atoms. The Bertz CT molecular complexity index is 517. The van der Waals surface area contributed by atoms with Crippen molar-refractivity contribution in [2.75, 3.05) is 5.75 Å². The molecule has 1 aliphatic rings. The van der Waals surface area contributed by atoms with Gasteiger partial charge >= 0.3 is 5.97 Å². The van der Waals surface area contributed by atoms with Crippen molar-refractivity contribution in [3.8, 4) is 0 Å². The Hall–Kier alpha value is -1.55. The highest BCUT2D eigenvalue weighted by atomic mass is 32.2. The summed E-state index contributed by atoms with van der Waals surface area (Å²) in [6.07, 6.45) is 3.48. The number of carbonyl (C=O) groups is 2.